The standard InChI is InChI=1S/C10H9N5S/c11-10-14-7-2-1-3-13-9(7)15(10)6-8-12-4-5-16-8/h1-5H,6H2,(H2,11,14). The number of thiazole rings is 1. The van der Waals surface area contributed by atoms with Crippen molar-refractivity contribution < 1.29 is 0 Å². The maximum absolute atomic E-state index is 5.86. The minimum atomic E-state index is 0.476. The number of hydrogen-bond acceptors (Lipinski definition) is 5. The normalized spacial score (nSPS) is 11.0. The highest BCUT2D eigenvalue weighted by Gasteiger charge is 2.09. The summed E-state index contributed by atoms with van der Waals surface area (Å²) in [7, 11) is 0. The van der Waals surface area contributed by atoms with Crippen LogP contribution in [-0.2, 0) is 6.54 Å². The van der Waals surface area contributed by atoms with E-state index in [-0.39, 0.29) is 0 Å². The predicted octanol–water partition coefficient (Wildman–Crippen LogP) is 1.52. The Hall–Kier alpha value is -1.95. The van der Waals surface area contributed by atoms with Gasteiger partial charge in [0.2, 0.25) is 5.95 Å². The highest BCUT2D eigenvalue weighted by molar-refractivity contribution is 7.09. The van der Waals surface area contributed by atoms with Gasteiger partial charge in [-0.3, -0.25) is 4.57 Å². The molecule has 0 amide bonds. The van der Waals surface area contributed by atoms with Crippen LogP contribution in [0, 0.1) is 0 Å². The number of hydrogen-bond donors (Lipinski definition) is 1. The first-order valence-electron chi connectivity index (χ1n) is 4.79. The van der Waals surface area contributed by atoms with Crippen LogP contribution in [0.2, 0.25) is 0 Å². The number of pyridine rings is 1. The molecule has 2 N–H and O–H groups in total. The van der Waals surface area contributed by atoms with Crippen molar-refractivity contribution in [3.05, 3.63) is 34.9 Å². The Balaban J connectivity index is 2.12. The monoisotopic (exact) mass is 231 g/mol. The van der Waals surface area contributed by atoms with Crippen LogP contribution in [0.3, 0.4) is 0 Å². The number of anilines is 1. The fourth-order valence-corrected chi connectivity index (χ4v) is 2.20. The van der Waals surface area contributed by atoms with Crippen molar-refractivity contribution in [3.8, 4) is 0 Å². The molecule has 0 aliphatic rings. The fraction of sp³-hybridized carbons (Fsp3) is 0.100. The van der Waals surface area contributed by atoms with E-state index in [0.29, 0.717) is 12.5 Å². The van der Waals surface area contributed by atoms with Crippen molar-refractivity contribution in [2.24, 2.45) is 0 Å². The second-order valence-corrected chi connectivity index (χ2v) is 4.31. The summed E-state index contributed by atoms with van der Waals surface area (Å²) in [6.45, 7) is 0.622. The zero-order valence-corrected chi connectivity index (χ0v) is 9.18. The number of aromatic nitrogens is 4. The molecule has 3 aromatic heterocycles. The Labute approximate surface area is 95.6 Å². The van der Waals surface area contributed by atoms with E-state index in [2.05, 4.69) is 15.0 Å². The Bertz CT molecular complexity index is 613. The largest absolute Gasteiger partial charge is 0.369 e. The average molecular weight is 231 g/mol. The lowest BCUT2D eigenvalue weighted by Gasteiger charge is -2.01. The first kappa shape index (κ1) is 9.29. The topological polar surface area (TPSA) is 69.6 Å². The lowest BCUT2D eigenvalue weighted by molar-refractivity contribution is 0.820. The molecule has 3 aromatic rings. The Morgan fingerprint density at radius 2 is 2.25 bits per heavy atom. The third-order valence-electron chi connectivity index (χ3n) is 2.31. The first-order chi connectivity index (χ1) is 7.84. The molecule has 0 saturated heterocycles. The highest BCUT2D eigenvalue weighted by Crippen LogP contribution is 2.17. The molecule has 0 aliphatic carbocycles. The molecule has 0 atom stereocenters. The van der Waals surface area contributed by atoms with Crippen molar-refractivity contribution in [2.45, 2.75) is 6.54 Å². The summed E-state index contributed by atoms with van der Waals surface area (Å²) in [5.41, 5.74) is 7.48. The van der Waals surface area contributed by atoms with Gasteiger partial charge in [0.05, 0.1) is 6.54 Å². The summed E-state index contributed by atoms with van der Waals surface area (Å²) < 4.78 is 1.87. The van der Waals surface area contributed by atoms with Crippen LogP contribution in [0.15, 0.2) is 29.9 Å². The zero-order valence-electron chi connectivity index (χ0n) is 8.37. The lowest BCUT2D eigenvalue weighted by atomic mass is 10.4. The number of rotatable bonds is 2. The van der Waals surface area contributed by atoms with Gasteiger partial charge in [0.15, 0.2) is 5.65 Å². The van der Waals surface area contributed by atoms with Crippen LogP contribution in [0.5, 0.6) is 0 Å². The molecule has 0 fully saturated rings. The third-order valence-corrected chi connectivity index (χ3v) is 3.07. The van der Waals surface area contributed by atoms with Gasteiger partial charge in [0.1, 0.15) is 10.5 Å². The molecule has 0 aliphatic heterocycles. The molecule has 0 saturated carbocycles. The predicted molar refractivity (Wildman–Crippen MR) is 63.2 cm³/mol. The van der Waals surface area contributed by atoms with Gasteiger partial charge in [-0.15, -0.1) is 11.3 Å². The Kier molecular flexibility index (Phi) is 2.07. The number of nitrogen functional groups attached to an aromatic ring is 1. The van der Waals surface area contributed by atoms with Gasteiger partial charge in [-0.2, -0.15) is 0 Å². The molecule has 16 heavy (non-hydrogen) atoms. The second kappa shape index (κ2) is 3.57. The summed E-state index contributed by atoms with van der Waals surface area (Å²) >= 11 is 1.60. The summed E-state index contributed by atoms with van der Waals surface area (Å²) in [6.07, 6.45) is 3.52. The van der Waals surface area contributed by atoms with Crippen molar-refractivity contribution in [2.75, 3.05) is 5.73 Å². The maximum atomic E-state index is 5.86. The van der Waals surface area contributed by atoms with E-state index in [1.165, 1.54) is 0 Å². The molecular weight excluding hydrogens is 222 g/mol. The quantitative estimate of drug-likeness (QED) is 0.726. The van der Waals surface area contributed by atoms with Gasteiger partial charge in [-0.1, -0.05) is 0 Å². The first-order valence-corrected chi connectivity index (χ1v) is 5.67. The van der Waals surface area contributed by atoms with E-state index < -0.39 is 0 Å². The van der Waals surface area contributed by atoms with Crippen molar-refractivity contribution in [1.29, 1.82) is 0 Å². The number of nitrogens with two attached hydrogens (primary N) is 1. The maximum Gasteiger partial charge on any atom is 0.202 e. The van der Waals surface area contributed by atoms with Gasteiger partial charge >= 0.3 is 0 Å². The molecule has 0 unspecified atom stereocenters. The van der Waals surface area contributed by atoms with Gasteiger partial charge < -0.3 is 5.73 Å². The molecule has 3 rings (SSSR count). The lowest BCUT2D eigenvalue weighted by Crippen LogP contribution is -2.04. The molecule has 80 valence electrons. The minimum Gasteiger partial charge on any atom is -0.369 e. The zero-order chi connectivity index (χ0) is 11.0. The summed E-state index contributed by atoms with van der Waals surface area (Å²) in [5, 5.41) is 2.94. The van der Waals surface area contributed by atoms with Crippen LogP contribution < -0.4 is 5.73 Å². The van der Waals surface area contributed by atoms with Crippen LogP contribution >= 0.6 is 11.3 Å². The average Bonchev–Trinajstić information content (AvgIpc) is 2.89. The second-order valence-electron chi connectivity index (χ2n) is 3.33. The molecule has 0 radical (unpaired) electrons. The Morgan fingerprint density at radius 3 is 3.06 bits per heavy atom. The summed E-state index contributed by atoms with van der Waals surface area (Å²) in [5.74, 6) is 0.476. The third kappa shape index (κ3) is 1.43. The SMILES string of the molecule is Nc1nc2cccnc2n1Cc1nccs1. The molecule has 0 aromatic carbocycles. The summed E-state index contributed by atoms with van der Waals surface area (Å²) in [4.78, 5) is 12.8. The van der Waals surface area contributed by atoms with E-state index in [1.807, 2.05) is 22.1 Å². The van der Waals surface area contributed by atoms with Crippen LogP contribution in [-0.4, -0.2) is 19.5 Å². The molecule has 0 bridgehead atoms. The molecule has 3 heterocycles. The molecule has 0 spiro atoms. The van der Waals surface area contributed by atoms with E-state index in [1.54, 1.807) is 23.7 Å². The van der Waals surface area contributed by atoms with Gasteiger partial charge in [-0.25, -0.2) is 15.0 Å². The Morgan fingerprint density at radius 1 is 1.31 bits per heavy atom. The molecule has 6 heteroatoms. The number of imidazole rings is 1. The van der Waals surface area contributed by atoms with Gasteiger partial charge in [-0.05, 0) is 12.1 Å². The minimum absolute atomic E-state index is 0.476. The van der Waals surface area contributed by atoms with E-state index in [4.69, 9.17) is 5.73 Å². The van der Waals surface area contributed by atoms with E-state index >= 15 is 0 Å². The van der Waals surface area contributed by atoms with E-state index in [9.17, 15) is 0 Å². The van der Waals surface area contributed by atoms with Crippen LogP contribution in [0.25, 0.3) is 11.2 Å². The number of nitrogens with zero attached hydrogens (tertiary/aromatic N) is 4. The van der Waals surface area contributed by atoms with E-state index in [0.717, 1.165) is 16.2 Å². The highest BCUT2D eigenvalue weighted by atomic mass is 32.1. The number of fused-ring (bicyclic) bond motifs is 1. The molecule has 5 nitrogen and oxygen atoms in total. The van der Waals surface area contributed by atoms with Crippen molar-refractivity contribution in [1.82, 2.24) is 19.5 Å². The van der Waals surface area contributed by atoms with Crippen LogP contribution in [0.1, 0.15) is 5.01 Å². The molecular formula is C10H9N5S. The van der Waals surface area contributed by atoms with Gasteiger partial charge in [0, 0.05) is 17.8 Å². The van der Waals surface area contributed by atoms with Crippen molar-refractivity contribution in [3.63, 3.8) is 0 Å². The fourth-order valence-electron chi connectivity index (χ4n) is 1.60. The summed E-state index contributed by atoms with van der Waals surface area (Å²) in [6, 6.07) is 3.75. The smallest absolute Gasteiger partial charge is 0.202 e. The van der Waals surface area contributed by atoms with Crippen molar-refractivity contribution >= 4 is 28.4 Å². The van der Waals surface area contributed by atoms with Gasteiger partial charge in [0.25, 0.3) is 0 Å². The van der Waals surface area contributed by atoms with Crippen LogP contribution in [0.4, 0.5) is 5.95 Å².